The summed E-state index contributed by atoms with van der Waals surface area (Å²) >= 11 is 1.29. The van der Waals surface area contributed by atoms with Gasteiger partial charge in [-0.05, 0) is 31.9 Å². The molecule has 0 aliphatic carbocycles. The Balaban J connectivity index is 2.01. The standard InChI is InChI=1S/C16H19FN2OS/c1-10-6-3-2-4-9-19(10)16(20)15-14(18)13-11(17)7-5-8-12(13)21-15/h5,7-8,10H,2-4,6,9,18H2,1H3. The molecule has 1 aliphatic rings. The van der Waals surface area contributed by atoms with Crippen molar-refractivity contribution >= 4 is 33.0 Å². The molecule has 5 heteroatoms. The second-order valence-electron chi connectivity index (χ2n) is 5.65. The Morgan fingerprint density at radius 2 is 2.19 bits per heavy atom. The summed E-state index contributed by atoms with van der Waals surface area (Å²) in [5.74, 6) is -0.410. The highest BCUT2D eigenvalue weighted by atomic mass is 32.1. The largest absolute Gasteiger partial charge is 0.397 e. The molecule has 0 spiro atoms. The van der Waals surface area contributed by atoms with Crippen LogP contribution in [0.25, 0.3) is 10.1 Å². The lowest BCUT2D eigenvalue weighted by Gasteiger charge is -2.26. The van der Waals surface area contributed by atoms with E-state index in [1.807, 2.05) is 11.0 Å². The van der Waals surface area contributed by atoms with Gasteiger partial charge in [-0.1, -0.05) is 18.9 Å². The third-order valence-electron chi connectivity index (χ3n) is 4.21. The summed E-state index contributed by atoms with van der Waals surface area (Å²) in [6, 6.07) is 5.06. The van der Waals surface area contributed by atoms with Crippen LogP contribution in [0, 0.1) is 5.82 Å². The number of amides is 1. The number of carbonyl (C=O) groups excluding carboxylic acids is 1. The number of hydrogen-bond donors (Lipinski definition) is 1. The summed E-state index contributed by atoms with van der Waals surface area (Å²) in [5.41, 5.74) is 6.34. The Kier molecular flexibility index (Phi) is 3.85. The SMILES string of the molecule is CC1CCCCCN1C(=O)c1sc2cccc(F)c2c1N. The highest BCUT2D eigenvalue weighted by molar-refractivity contribution is 7.21. The molecule has 2 heterocycles. The molecule has 0 radical (unpaired) electrons. The van der Waals surface area contributed by atoms with Gasteiger partial charge in [0.1, 0.15) is 10.7 Å². The molecule has 2 aromatic rings. The number of nitrogens with zero attached hydrogens (tertiary/aromatic N) is 1. The number of thiophene rings is 1. The van der Waals surface area contributed by atoms with Gasteiger partial charge in [-0.15, -0.1) is 11.3 Å². The van der Waals surface area contributed by atoms with E-state index in [1.54, 1.807) is 6.07 Å². The van der Waals surface area contributed by atoms with E-state index >= 15 is 0 Å². The summed E-state index contributed by atoms with van der Waals surface area (Å²) < 4.78 is 14.6. The minimum Gasteiger partial charge on any atom is -0.397 e. The molecule has 1 fully saturated rings. The molecule has 0 bridgehead atoms. The molecule has 3 rings (SSSR count). The third-order valence-corrected chi connectivity index (χ3v) is 5.37. The second-order valence-corrected chi connectivity index (χ2v) is 6.71. The molecule has 0 saturated carbocycles. The van der Waals surface area contributed by atoms with Crippen molar-refractivity contribution in [1.29, 1.82) is 0 Å². The van der Waals surface area contributed by atoms with E-state index in [4.69, 9.17) is 5.73 Å². The Bertz CT molecular complexity index is 682. The second kappa shape index (κ2) is 5.64. The Labute approximate surface area is 127 Å². The molecule has 2 N–H and O–H groups in total. The Hall–Kier alpha value is -1.62. The molecule has 1 amide bonds. The molecule has 112 valence electrons. The average Bonchev–Trinajstić information content (AvgIpc) is 2.65. The number of carbonyl (C=O) groups is 1. The van der Waals surface area contributed by atoms with Gasteiger partial charge < -0.3 is 10.6 Å². The smallest absolute Gasteiger partial charge is 0.266 e. The van der Waals surface area contributed by atoms with Crippen LogP contribution in [0.2, 0.25) is 0 Å². The van der Waals surface area contributed by atoms with Gasteiger partial charge in [0.25, 0.3) is 5.91 Å². The zero-order valence-electron chi connectivity index (χ0n) is 12.1. The molecule has 1 saturated heterocycles. The number of benzene rings is 1. The van der Waals surface area contributed by atoms with Crippen LogP contribution < -0.4 is 5.73 Å². The van der Waals surface area contributed by atoms with E-state index in [-0.39, 0.29) is 23.5 Å². The van der Waals surface area contributed by atoms with E-state index in [0.29, 0.717) is 10.3 Å². The third kappa shape index (κ3) is 2.50. The van der Waals surface area contributed by atoms with Gasteiger partial charge in [-0.3, -0.25) is 4.79 Å². The zero-order chi connectivity index (χ0) is 15.0. The van der Waals surface area contributed by atoms with Gasteiger partial charge in [0.05, 0.1) is 11.1 Å². The van der Waals surface area contributed by atoms with Crippen LogP contribution >= 0.6 is 11.3 Å². The van der Waals surface area contributed by atoms with Crippen molar-refractivity contribution in [2.45, 2.75) is 38.6 Å². The van der Waals surface area contributed by atoms with Gasteiger partial charge in [-0.25, -0.2) is 4.39 Å². The first-order chi connectivity index (χ1) is 10.1. The molecule has 3 nitrogen and oxygen atoms in total. The first-order valence-electron chi connectivity index (χ1n) is 7.37. The number of hydrogen-bond acceptors (Lipinski definition) is 3. The van der Waals surface area contributed by atoms with Crippen LogP contribution in [-0.2, 0) is 0 Å². The molecule has 1 aromatic carbocycles. The lowest BCUT2D eigenvalue weighted by atomic mass is 10.1. The molecule has 1 aliphatic heterocycles. The minimum atomic E-state index is -0.357. The fourth-order valence-corrected chi connectivity index (χ4v) is 4.09. The van der Waals surface area contributed by atoms with Crippen molar-refractivity contribution in [2.75, 3.05) is 12.3 Å². The Morgan fingerprint density at radius 3 is 2.95 bits per heavy atom. The minimum absolute atomic E-state index is 0.0532. The fourth-order valence-electron chi connectivity index (χ4n) is 3.00. The lowest BCUT2D eigenvalue weighted by Crippen LogP contribution is -2.38. The van der Waals surface area contributed by atoms with Crippen LogP contribution in [0.1, 0.15) is 42.3 Å². The highest BCUT2D eigenvalue weighted by Gasteiger charge is 2.27. The van der Waals surface area contributed by atoms with Crippen molar-refractivity contribution in [3.05, 3.63) is 28.9 Å². The van der Waals surface area contributed by atoms with Gasteiger partial charge >= 0.3 is 0 Å². The van der Waals surface area contributed by atoms with Gasteiger partial charge in [0, 0.05) is 17.3 Å². The first kappa shape index (κ1) is 14.3. The number of nitrogens with two attached hydrogens (primary N) is 1. The first-order valence-corrected chi connectivity index (χ1v) is 8.18. The van der Waals surface area contributed by atoms with Crippen molar-refractivity contribution in [2.24, 2.45) is 0 Å². The van der Waals surface area contributed by atoms with Crippen LogP contribution in [0.4, 0.5) is 10.1 Å². The van der Waals surface area contributed by atoms with E-state index in [9.17, 15) is 9.18 Å². The predicted molar refractivity (Wildman–Crippen MR) is 85.2 cm³/mol. The summed E-state index contributed by atoms with van der Waals surface area (Å²) in [7, 11) is 0. The molecule has 1 unspecified atom stereocenters. The van der Waals surface area contributed by atoms with Crippen LogP contribution in [0.3, 0.4) is 0 Å². The predicted octanol–water partition coefficient (Wildman–Crippen LogP) is 4.03. The fraction of sp³-hybridized carbons (Fsp3) is 0.438. The maximum absolute atomic E-state index is 13.9. The molecule has 1 atom stereocenters. The van der Waals surface area contributed by atoms with Gasteiger partial charge in [0.15, 0.2) is 0 Å². The van der Waals surface area contributed by atoms with E-state index < -0.39 is 0 Å². The summed E-state index contributed by atoms with van der Waals surface area (Å²) in [6.45, 7) is 2.84. The number of fused-ring (bicyclic) bond motifs is 1. The van der Waals surface area contributed by atoms with Crippen molar-refractivity contribution in [1.82, 2.24) is 4.90 Å². The monoisotopic (exact) mass is 306 g/mol. The number of halogens is 1. The zero-order valence-corrected chi connectivity index (χ0v) is 12.9. The van der Waals surface area contributed by atoms with E-state index in [1.165, 1.54) is 17.4 Å². The lowest BCUT2D eigenvalue weighted by molar-refractivity contribution is 0.0704. The van der Waals surface area contributed by atoms with Crippen molar-refractivity contribution < 1.29 is 9.18 Å². The van der Waals surface area contributed by atoms with Crippen molar-refractivity contribution in [3.8, 4) is 0 Å². The number of nitrogen functional groups attached to an aromatic ring is 1. The maximum atomic E-state index is 13.9. The van der Waals surface area contributed by atoms with E-state index in [2.05, 4.69) is 6.92 Å². The molecule has 1 aromatic heterocycles. The van der Waals surface area contributed by atoms with Gasteiger partial charge in [-0.2, -0.15) is 0 Å². The average molecular weight is 306 g/mol. The Morgan fingerprint density at radius 1 is 1.38 bits per heavy atom. The van der Waals surface area contributed by atoms with Gasteiger partial charge in [0.2, 0.25) is 0 Å². The summed E-state index contributed by atoms with van der Waals surface area (Å²) in [6.07, 6.45) is 4.35. The van der Waals surface area contributed by atoms with Crippen LogP contribution in [0.5, 0.6) is 0 Å². The van der Waals surface area contributed by atoms with Crippen LogP contribution in [-0.4, -0.2) is 23.4 Å². The van der Waals surface area contributed by atoms with E-state index in [0.717, 1.165) is 36.9 Å². The normalized spacial score (nSPS) is 19.7. The van der Waals surface area contributed by atoms with Crippen molar-refractivity contribution in [3.63, 3.8) is 0 Å². The maximum Gasteiger partial charge on any atom is 0.266 e. The quantitative estimate of drug-likeness (QED) is 0.864. The topological polar surface area (TPSA) is 46.3 Å². The van der Waals surface area contributed by atoms with Crippen LogP contribution in [0.15, 0.2) is 18.2 Å². The molecular weight excluding hydrogens is 287 g/mol. The highest BCUT2D eigenvalue weighted by Crippen LogP contribution is 2.36. The summed E-state index contributed by atoms with van der Waals surface area (Å²) in [5, 5.41) is 0.383. The number of anilines is 1. The molecular formula is C16H19FN2OS. The number of likely N-dealkylation sites (tertiary alicyclic amines) is 1. The molecule has 21 heavy (non-hydrogen) atoms. The number of rotatable bonds is 1. The summed E-state index contributed by atoms with van der Waals surface area (Å²) in [4.78, 5) is 15.2.